The number of hydrogen-bond acceptors (Lipinski definition) is 6. The fraction of sp³-hybridized carbons (Fsp3) is 0.440. The average Bonchev–Trinajstić information content (AvgIpc) is 3.15. The van der Waals surface area contributed by atoms with E-state index in [0.29, 0.717) is 18.0 Å². The largest absolute Gasteiger partial charge is 0.493 e. The first-order valence-electron chi connectivity index (χ1n) is 11.5. The quantitative estimate of drug-likeness (QED) is 0.600. The van der Waals surface area contributed by atoms with E-state index >= 15 is 0 Å². The third kappa shape index (κ3) is 4.98. The number of hydrogen-bond donors (Lipinski definition) is 1. The zero-order valence-electron chi connectivity index (χ0n) is 19.5. The predicted molar refractivity (Wildman–Crippen MR) is 124 cm³/mol. The van der Waals surface area contributed by atoms with Crippen LogP contribution in [0.4, 0.5) is 4.79 Å². The first-order valence-corrected chi connectivity index (χ1v) is 11.5. The Kier molecular flexibility index (Phi) is 7.30. The number of amides is 4. The summed E-state index contributed by atoms with van der Waals surface area (Å²) in [4.78, 5) is 45.8. The fourth-order valence-electron chi connectivity index (χ4n) is 4.64. The summed E-state index contributed by atoms with van der Waals surface area (Å²) in [6.45, 7) is 0.805. The highest BCUT2D eigenvalue weighted by Gasteiger charge is 2.38. The standard InChI is InChI=1S/C25H30N4O5/c1-33-21-10-8-17(14-22(21)34-2)16-29-24(31)19(27-25(29)32)9-11-23(30)28-13-4-3-7-20(28)18-6-5-12-26-15-18/h5-6,8,10,12,14-15,19-20H,3-4,7,9,11,13,16H2,1-2H3,(H,27,32)/t19?,20-/m0/s1. The van der Waals surface area contributed by atoms with E-state index in [9.17, 15) is 14.4 Å². The molecule has 0 spiro atoms. The van der Waals surface area contributed by atoms with Crippen molar-refractivity contribution in [2.45, 2.75) is 50.7 Å². The summed E-state index contributed by atoms with van der Waals surface area (Å²) in [5.41, 5.74) is 1.77. The summed E-state index contributed by atoms with van der Waals surface area (Å²) in [6.07, 6.45) is 6.91. The lowest BCUT2D eigenvalue weighted by Gasteiger charge is -2.36. The maximum Gasteiger partial charge on any atom is 0.325 e. The molecule has 2 aromatic rings. The molecule has 0 radical (unpaired) electrons. The number of pyridine rings is 1. The molecule has 2 fully saturated rings. The number of methoxy groups -OCH3 is 2. The van der Waals surface area contributed by atoms with Gasteiger partial charge in [-0.25, -0.2) is 4.79 Å². The van der Waals surface area contributed by atoms with Crippen molar-refractivity contribution >= 4 is 17.8 Å². The van der Waals surface area contributed by atoms with Crippen LogP contribution in [0.5, 0.6) is 11.5 Å². The molecule has 3 heterocycles. The molecular formula is C25H30N4O5. The number of likely N-dealkylation sites (tertiary alicyclic amines) is 1. The molecule has 34 heavy (non-hydrogen) atoms. The molecule has 0 aliphatic carbocycles. The van der Waals surface area contributed by atoms with Crippen LogP contribution in [0, 0.1) is 0 Å². The highest BCUT2D eigenvalue weighted by atomic mass is 16.5. The molecular weight excluding hydrogens is 436 g/mol. The van der Waals surface area contributed by atoms with Crippen LogP contribution in [-0.4, -0.2) is 59.4 Å². The van der Waals surface area contributed by atoms with E-state index in [4.69, 9.17) is 9.47 Å². The summed E-state index contributed by atoms with van der Waals surface area (Å²) >= 11 is 0. The zero-order valence-corrected chi connectivity index (χ0v) is 19.5. The molecule has 1 aromatic carbocycles. The minimum atomic E-state index is -0.710. The van der Waals surface area contributed by atoms with Crippen LogP contribution in [-0.2, 0) is 16.1 Å². The van der Waals surface area contributed by atoms with Gasteiger partial charge in [-0.05, 0) is 55.0 Å². The zero-order chi connectivity index (χ0) is 24.1. The lowest BCUT2D eigenvalue weighted by atomic mass is 9.95. The number of aromatic nitrogens is 1. The Labute approximate surface area is 199 Å². The average molecular weight is 467 g/mol. The van der Waals surface area contributed by atoms with Gasteiger partial charge in [-0.1, -0.05) is 12.1 Å². The van der Waals surface area contributed by atoms with Crippen LogP contribution < -0.4 is 14.8 Å². The van der Waals surface area contributed by atoms with E-state index in [1.165, 1.54) is 12.0 Å². The Bertz CT molecular complexity index is 1040. The number of benzene rings is 1. The summed E-state index contributed by atoms with van der Waals surface area (Å²) in [6, 6.07) is 7.98. The number of piperidine rings is 1. The van der Waals surface area contributed by atoms with Crippen molar-refractivity contribution in [2.75, 3.05) is 20.8 Å². The third-order valence-electron chi connectivity index (χ3n) is 6.43. The van der Waals surface area contributed by atoms with Gasteiger partial charge in [0.05, 0.1) is 26.8 Å². The van der Waals surface area contributed by atoms with Crippen molar-refractivity contribution in [1.82, 2.24) is 20.1 Å². The van der Waals surface area contributed by atoms with Gasteiger partial charge in [0.25, 0.3) is 5.91 Å². The van der Waals surface area contributed by atoms with Crippen molar-refractivity contribution in [3.8, 4) is 11.5 Å². The van der Waals surface area contributed by atoms with Gasteiger partial charge < -0.3 is 19.7 Å². The Morgan fingerprint density at radius 2 is 1.97 bits per heavy atom. The van der Waals surface area contributed by atoms with Crippen molar-refractivity contribution in [1.29, 1.82) is 0 Å². The Morgan fingerprint density at radius 3 is 2.71 bits per heavy atom. The number of rotatable bonds is 8. The number of ether oxygens (including phenoxy) is 2. The topological polar surface area (TPSA) is 101 Å². The van der Waals surface area contributed by atoms with Gasteiger partial charge in [0, 0.05) is 25.4 Å². The molecule has 9 heteroatoms. The first kappa shape index (κ1) is 23.5. The summed E-state index contributed by atoms with van der Waals surface area (Å²) < 4.78 is 10.5. The number of urea groups is 1. The van der Waals surface area contributed by atoms with E-state index in [2.05, 4.69) is 10.3 Å². The fourth-order valence-corrected chi connectivity index (χ4v) is 4.64. The molecule has 4 amide bonds. The number of imide groups is 1. The molecule has 2 saturated heterocycles. The molecule has 4 rings (SSSR count). The van der Waals surface area contributed by atoms with Gasteiger partial charge >= 0.3 is 6.03 Å². The SMILES string of the molecule is COc1ccc(CN2C(=O)NC(CCC(=O)N3CCCC[C@H]3c3cccnc3)C2=O)cc1OC. The van der Waals surface area contributed by atoms with Crippen LogP contribution in [0.25, 0.3) is 0 Å². The maximum atomic E-state index is 13.1. The molecule has 0 saturated carbocycles. The van der Waals surface area contributed by atoms with Gasteiger partial charge in [-0.2, -0.15) is 0 Å². The minimum Gasteiger partial charge on any atom is -0.493 e. The van der Waals surface area contributed by atoms with E-state index in [-0.39, 0.29) is 37.2 Å². The van der Waals surface area contributed by atoms with Crippen LogP contribution in [0.3, 0.4) is 0 Å². The lowest BCUT2D eigenvalue weighted by Crippen LogP contribution is -2.39. The summed E-state index contributed by atoms with van der Waals surface area (Å²) in [5, 5.41) is 2.73. The molecule has 2 aliphatic heterocycles. The first-order chi connectivity index (χ1) is 16.5. The highest BCUT2D eigenvalue weighted by Crippen LogP contribution is 2.32. The Balaban J connectivity index is 1.37. The number of nitrogens with one attached hydrogen (secondary N) is 1. The van der Waals surface area contributed by atoms with Crippen molar-refractivity contribution in [3.05, 3.63) is 53.9 Å². The molecule has 9 nitrogen and oxygen atoms in total. The third-order valence-corrected chi connectivity index (χ3v) is 6.43. The molecule has 1 N–H and O–H groups in total. The van der Waals surface area contributed by atoms with Gasteiger partial charge in [0.15, 0.2) is 11.5 Å². The molecule has 180 valence electrons. The number of carbonyl (C=O) groups excluding carboxylic acids is 3. The highest BCUT2D eigenvalue weighted by molar-refractivity contribution is 6.04. The molecule has 1 aromatic heterocycles. The second-order valence-electron chi connectivity index (χ2n) is 8.54. The molecule has 0 bridgehead atoms. The molecule has 2 atom stereocenters. The van der Waals surface area contributed by atoms with E-state index in [1.54, 1.807) is 31.5 Å². The normalized spacial score (nSPS) is 20.3. The molecule has 2 aliphatic rings. The maximum absolute atomic E-state index is 13.1. The van der Waals surface area contributed by atoms with Crippen LogP contribution in [0.2, 0.25) is 0 Å². The Morgan fingerprint density at radius 1 is 1.15 bits per heavy atom. The van der Waals surface area contributed by atoms with E-state index in [1.807, 2.05) is 23.2 Å². The van der Waals surface area contributed by atoms with Crippen LogP contribution in [0.15, 0.2) is 42.7 Å². The summed E-state index contributed by atoms with van der Waals surface area (Å²) in [5.74, 6) is 0.769. The van der Waals surface area contributed by atoms with Crippen molar-refractivity contribution < 1.29 is 23.9 Å². The van der Waals surface area contributed by atoms with E-state index in [0.717, 1.165) is 30.4 Å². The minimum absolute atomic E-state index is 0.00497. The lowest BCUT2D eigenvalue weighted by molar-refractivity contribution is -0.135. The van der Waals surface area contributed by atoms with Gasteiger partial charge in [-0.15, -0.1) is 0 Å². The van der Waals surface area contributed by atoms with Crippen molar-refractivity contribution in [2.24, 2.45) is 0 Å². The van der Waals surface area contributed by atoms with Gasteiger partial charge in [-0.3, -0.25) is 19.5 Å². The number of carbonyl (C=O) groups is 3. The predicted octanol–water partition coefficient (Wildman–Crippen LogP) is 3.05. The van der Waals surface area contributed by atoms with Crippen molar-refractivity contribution in [3.63, 3.8) is 0 Å². The Hall–Kier alpha value is -3.62. The summed E-state index contributed by atoms with van der Waals surface area (Å²) in [7, 11) is 3.08. The smallest absolute Gasteiger partial charge is 0.325 e. The van der Waals surface area contributed by atoms with E-state index < -0.39 is 12.1 Å². The second kappa shape index (κ2) is 10.5. The van der Waals surface area contributed by atoms with Crippen LogP contribution in [0.1, 0.15) is 49.3 Å². The monoisotopic (exact) mass is 466 g/mol. The molecule has 1 unspecified atom stereocenters. The van der Waals surface area contributed by atoms with Gasteiger partial charge in [0.2, 0.25) is 5.91 Å². The number of nitrogens with zero attached hydrogens (tertiary/aromatic N) is 3. The van der Waals surface area contributed by atoms with Crippen LogP contribution >= 0.6 is 0 Å². The van der Waals surface area contributed by atoms with Gasteiger partial charge in [0.1, 0.15) is 6.04 Å². The second-order valence-corrected chi connectivity index (χ2v) is 8.54.